The fourth-order valence-electron chi connectivity index (χ4n) is 1.58. The Kier molecular flexibility index (Phi) is 4.46. The number of sulfonamides is 1. The molecule has 1 aromatic carbocycles. The number of methoxy groups -OCH3 is 1. The second-order valence-corrected chi connectivity index (χ2v) is 6.64. The third kappa shape index (κ3) is 3.38. The highest BCUT2D eigenvalue weighted by Crippen LogP contribution is 2.27. The zero-order valence-electron chi connectivity index (χ0n) is 10.9. The molecule has 1 aromatic heterocycles. The first-order valence-corrected chi connectivity index (χ1v) is 7.94. The van der Waals surface area contributed by atoms with Gasteiger partial charge in [-0.3, -0.25) is 0 Å². The molecule has 0 atom stereocenters. The molecule has 0 aliphatic rings. The number of nitrogens with one attached hydrogen (secondary N) is 1. The van der Waals surface area contributed by atoms with Crippen molar-refractivity contribution in [3.05, 3.63) is 40.5 Å². The Labute approximate surface area is 125 Å². The number of hydrogen-bond acceptors (Lipinski definition) is 5. The van der Waals surface area contributed by atoms with Gasteiger partial charge in [0.05, 0.1) is 19.9 Å². The first-order valence-electron chi connectivity index (χ1n) is 5.67. The van der Waals surface area contributed by atoms with E-state index in [1.165, 1.54) is 19.4 Å². The number of benzene rings is 1. The zero-order valence-corrected chi connectivity index (χ0v) is 13.3. The summed E-state index contributed by atoms with van der Waals surface area (Å²) in [5, 5.41) is 0. The predicted molar refractivity (Wildman–Crippen MR) is 76.0 cm³/mol. The lowest BCUT2D eigenvalue weighted by Crippen LogP contribution is -2.24. The van der Waals surface area contributed by atoms with E-state index in [0.29, 0.717) is 16.1 Å². The van der Waals surface area contributed by atoms with Crippen molar-refractivity contribution in [3.8, 4) is 5.75 Å². The summed E-state index contributed by atoms with van der Waals surface area (Å²) in [6.45, 7) is 1.72. The number of rotatable bonds is 5. The van der Waals surface area contributed by atoms with Gasteiger partial charge in [-0.25, -0.2) is 18.1 Å². The number of nitrogens with zero attached hydrogens (tertiary/aromatic N) is 1. The summed E-state index contributed by atoms with van der Waals surface area (Å²) >= 11 is 3.24. The van der Waals surface area contributed by atoms with E-state index in [0.717, 1.165) is 0 Å². The van der Waals surface area contributed by atoms with Gasteiger partial charge in [-0.2, -0.15) is 0 Å². The highest BCUT2D eigenvalue weighted by Gasteiger charge is 2.20. The summed E-state index contributed by atoms with van der Waals surface area (Å²) in [5.74, 6) is 1.20. The highest BCUT2D eigenvalue weighted by molar-refractivity contribution is 9.10. The first-order chi connectivity index (χ1) is 9.42. The molecule has 1 heterocycles. The van der Waals surface area contributed by atoms with Crippen molar-refractivity contribution in [3.63, 3.8) is 0 Å². The minimum atomic E-state index is -3.72. The van der Waals surface area contributed by atoms with Crippen LogP contribution in [0.5, 0.6) is 5.75 Å². The largest absolute Gasteiger partial charge is 0.495 e. The number of hydrogen-bond donors (Lipinski definition) is 1. The van der Waals surface area contributed by atoms with Crippen LogP contribution in [0.15, 0.2) is 38.2 Å². The van der Waals surface area contributed by atoms with Crippen LogP contribution in [0.1, 0.15) is 11.7 Å². The molecular formula is C12H13BrN2O4S. The van der Waals surface area contributed by atoms with E-state index in [4.69, 9.17) is 9.15 Å². The van der Waals surface area contributed by atoms with Gasteiger partial charge in [-0.15, -0.1) is 0 Å². The van der Waals surface area contributed by atoms with Crippen LogP contribution in [-0.4, -0.2) is 20.5 Å². The second kappa shape index (κ2) is 5.94. The fraction of sp³-hybridized carbons (Fsp3) is 0.250. The molecule has 0 fully saturated rings. The van der Waals surface area contributed by atoms with Crippen LogP contribution in [0.25, 0.3) is 0 Å². The maximum Gasteiger partial charge on any atom is 0.244 e. The zero-order chi connectivity index (χ0) is 14.8. The van der Waals surface area contributed by atoms with Crippen molar-refractivity contribution in [1.82, 2.24) is 9.71 Å². The van der Waals surface area contributed by atoms with Crippen LogP contribution in [0.3, 0.4) is 0 Å². The van der Waals surface area contributed by atoms with Crippen molar-refractivity contribution in [2.75, 3.05) is 7.11 Å². The second-order valence-electron chi connectivity index (χ2n) is 3.98. The van der Waals surface area contributed by atoms with Gasteiger partial charge in [0.2, 0.25) is 15.9 Å². The van der Waals surface area contributed by atoms with Gasteiger partial charge in [-0.1, -0.05) is 15.9 Å². The minimum absolute atomic E-state index is 0.0220. The predicted octanol–water partition coefficient (Wildman–Crippen LogP) is 2.23. The Bertz CT molecular complexity index is 712. The maximum absolute atomic E-state index is 12.3. The van der Waals surface area contributed by atoms with Gasteiger partial charge >= 0.3 is 0 Å². The quantitative estimate of drug-likeness (QED) is 0.883. The molecule has 6 nitrogen and oxygen atoms in total. The van der Waals surface area contributed by atoms with Crippen molar-refractivity contribution >= 4 is 26.0 Å². The average molecular weight is 361 g/mol. The molecule has 0 saturated heterocycles. The lowest BCUT2D eigenvalue weighted by molar-refractivity contribution is 0.402. The molecule has 0 aliphatic carbocycles. The number of oxazole rings is 1. The number of aromatic nitrogens is 1. The number of aryl methyl sites for hydroxylation is 1. The van der Waals surface area contributed by atoms with E-state index in [1.54, 1.807) is 19.1 Å². The first kappa shape index (κ1) is 15.0. The topological polar surface area (TPSA) is 81.4 Å². The highest BCUT2D eigenvalue weighted by atomic mass is 79.9. The normalized spacial score (nSPS) is 11.6. The van der Waals surface area contributed by atoms with Crippen LogP contribution in [-0.2, 0) is 16.6 Å². The lowest BCUT2D eigenvalue weighted by Gasteiger charge is -2.10. The van der Waals surface area contributed by atoms with Gasteiger partial charge in [0.25, 0.3) is 0 Å². The fourth-order valence-corrected chi connectivity index (χ4v) is 3.26. The maximum atomic E-state index is 12.3. The number of halogens is 1. The van der Waals surface area contributed by atoms with Gasteiger partial charge in [-0.05, 0) is 25.1 Å². The summed E-state index contributed by atoms with van der Waals surface area (Å²) in [6.07, 6.45) is 1.53. The van der Waals surface area contributed by atoms with E-state index in [2.05, 4.69) is 25.6 Å². The smallest absolute Gasteiger partial charge is 0.244 e. The third-order valence-electron chi connectivity index (χ3n) is 2.50. The van der Waals surface area contributed by atoms with Gasteiger partial charge in [0, 0.05) is 4.47 Å². The summed E-state index contributed by atoms with van der Waals surface area (Å²) in [6, 6.07) is 4.76. The molecule has 2 aromatic rings. The Morgan fingerprint density at radius 1 is 1.45 bits per heavy atom. The summed E-state index contributed by atoms with van der Waals surface area (Å²) in [5.41, 5.74) is 0. The Hall–Kier alpha value is -1.38. The Balaban J connectivity index is 2.24. The summed E-state index contributed by atoms with van der Waals surface area (Å²) < 4.78 is 37.9. The monoisotopic (exact) mass is 360 g/mol. The molecule has 0 unspecified atom stereocenters. The van der Waals surface area contributed by atoms with Crippen molar-refractivity contribution in [1.29, 1.82) is 0 Å². The summed E-state index contributed by atoms with van der Waals surface area (Å²) in [4.78, 5) is 3.99. The SMILES string of the molecule is COc1ccc(Br)cc1S(=O)(=O)NCc1ncc(C)o1. The molecule has 0 saturated carbocycles. The van der Waals surface area contributed by atoms with Gasteiger partial charge in [0.15, 0.2) is 0 Å². The molecule has 0 bridgehead atoms. The molecule has 0 amide bonds. The van der Waals surface area contributed by atoms with Crippen molar-refractivity contribution < 1.29 is 17.6 Å². The molecule has 0 spiro atoms. The molecule has 8 heteroatoms. The third-order valence-corrected chi connectivity index (χ3v) is 4.41. The lowest BCUT2D eigenvalue weighted by atomic mass is 10.3. The van der Waals surface area contributed by atoms with Gasteiger partial charge < -0.3 is 9.15 Å². The van der Waals surface area contributed by atoms with E-state index in [-0.39, 0.29) is 17.2 Å². The molecule has 2 rings (SSSR count). The minimum Gasteiger partial charge on any atom is -0.495 e. The molecule has 108 valence electrons. The standard InChI is InChI=1S/C12H13BrN2O4S/c1-8-6-14-12(19-8)7-15-20(16,17)11-5-9(13)3-4-10(11)18-2/h3-6,15H,7H2,1-2H3. The van der Waals surface area contributed by atoms with E-state index < -0.39 is 10.0 Å². The van der Waals surface area contributed by atoms with Crippen LogP contribution in [0, 0.1) is 6.92 Å². The number of ether oxygens (including phenoxy) is 1. The summed E-state index contributed by atoms with van der Waals surface area (Å²) in [7, 11) is -2.30. The molecule has 0 radical (unpaired) electrons. The molecule has 0 aliphatic heterocycles. The van der Waals surface area contributed by atoms with Crippen LogP contribution >= 0.6 is 15.9 Å². The molecule has 1 N–H and O–H groups in total. The van der Waals surface area contributed by atoms with E-state index >= 15 is 0 Å². The molecular weight excluding hydrogens is 348 g/mol. The van der Waals surface area contributed by atoms with E-state index in [1.807, 2.05) is 0 Å². The Morgan fingerprint density at radius 3 is 2.80 bits per heavy atom. The van der Waals surface area contributed by atoms with Crippen molar-refractivity contribution in [2.45, 2.75) is 18.4 Å². The van der Waals surface area contributed by atoms with Crippen molar-refractivity contribution in [2.24, 2.45) is 0 Å². The van der Waals surface area contributed by atoms with Crippen LogP contribution < -0.4 is 9.46 Å². The molecule has 20 heavy (non-hydrogen) atoms. The van der Waals surface area contributed by atoms with Crippen LogP contribution in [0.4, 0.5) is 0 Å². The average Bonchev–Trinajstić information content (AvgIpc) is 2.82. The Morgan fingerprint density at radius 2 is 2.20 bits per heavy atom. The van der Waals surface area contributed by atoms with E-state index in [9.17, 15) is 8.42 Å². The van der Waals surface area contributed by atoms with Crippen LogP contribution in [0.2, 0.25) is 0 Å². The van der Waals surface area contributed by atoms with Gasteiger partial charge in [0.1, 0.15) is 16.4 Å².